The van der Waals surface area contributed by atoms with Crippen LogP contribution in [0.15, 0.2) is 48.7 Å². The second kappa shape index (κ2) is 5.93. The summed E-state index contributed by atoms with van der Waals surface area (Å²) in [4.78, 5) is 14.1. The lowest BCUT2D eigenvalue weighted by atomic mass is 10.0. The molecule has 0 bridgehead atoms. The lowest BCUT2D eigenvalue weighted by Crippen LogP contribution is -1.98. The molecule has 0 amide bonds. The summed E-state index contributed by atoms with van der Waals surface area (Å²) < 4.78 is 5.53. The van der Waals surface area contributed by atoms with Gasteiger partial charge in [0.15, 0.2) is 0 Å². The number of carbonyl (C=O) groups is 1. The fourth-order valence-electron chi connectivity index (χ4n) is 2.60. The van der Waals surface area contributed by atoms with Crippen molar-refractivity contribution < 1.29 is 14.6 Å². The monoisotopic (exact) mass is 295 g/mol. The van der Waals surface area contributed by atoms with Gasteiger partial charge in [0.1, 0.15) is 5.75 Å². The van der Waals surface area contributed by atoms with Gasteiger partial charge in [0.25, 0.3) is 0 Å². The Balaban J connectivity index is 2.03. The first-order chi connectivity index (χ1) is 10.7. The van der Waals surface area contributed by atoms with Crippen molar-refractivity contribution in [2.24, 2.45) is 0 Å². The van der Waals surface area contributed by atoms with Crippen molar-refractivity contribution >= 4 is 16.9 Å². The van der Waals surface area contributed by atoms with Crippen LogP contribution in [0.4, 0.5) is 0 Å². The molecule has 2 aromatic carbocycles. The summed E-state index contributed by atoms with van der Waals surface area (Å²) in [7, 11) is 0. The maximum Gasteiger partial charge on any atom is 0.307 e. The molecular weight excluding hydrogens is 278 g/mol. The molecule has 2 N–H and O–H groups in total. The summed E-state index contributed by atoms with van der Waals surface area (Å²) in [6.07, 6.45) is 1.78. The Labute approximate surface area is 128 Å². The number of aromatic nitrogens is 1. The smallest absolute Gasteiger partial charge is 0.307 e. The van der Waals surface area contributed by atoms with Gasteiger partial charge in [-0.1, -0.05) is 18.2 Å². The zero-order valence-corrected chi connectivity index (χ0v) is 12.3. The van der Waals surface area contributed by atoms with E-state index in [1.807, 2.05) is 49.4 Å². The first-order valence-electron chi connectivity index (χ1n) is 7.22. The van der Waals surface area contributed by atoms with E-state index in [9.17, 15) is 4.79 Å². The average molecular weight is 295 g/mol. The molecule has 4 heteroatoms. The van der Waals surface area contributed by atoms with Gasteiger partial charge in [-0.3, -0.25) is 4.79 Å². The number of fused-ring (bicyclic) bond motifs is 1. The zero-order valence-electron chi connectivity index (χ0n) is 12.3. The number of hydrogen-bond acceptors (Lipinski definition) is 2. The Morgan fingerprint density at radius 2 is 2.00 bits per heavy atom. The minimum absolute atomic E-state index is 0.0163. The van der Waals surface area contributed by atoms with Crippen LogP contribution in [0.1, 0.15) is 12.5 Å². The summed E-state index contributed by atoms with van der Waals surface area (Å²) >= 11 is 0. The molecule has 22 heavy (non-hydrogen) atoms. The van der Waals surface area contributed by atoms with Crippen molar-refractivity contribution in [2.75, 3.05) is 6.61 Å². The Kier molecular flexibility index (Phi) is 3.83. The van der Waals surface area contributed by atoms with Crippen LogP contribution in [0.5, 0.6) is 5.75 Å². The number of carboxylic acids is 1. The third kappa shape index (κ3) is 2.81. The van der Waals surface area contributed by atoms with Crippen molar-refractivity contribution in [1.29, 1.82) is 0 Å². The maximum absolute atomic E-state index is 11.0. The zero-order chi connectivity index (χ0) is 15.5. The van der Waals surface area contributed by atoms with Gasteiger partial charge < -0.3 is 14.8 Å². The third-order valence-corrected chi connectivity index (χ3v) is 3.59. The van der Waals surface area contributed by atoms with Gasteiger partial charge in [0, 0.05) is 17.1 Å². The molecule has 112 valence electrons. The summed E-state index contributed by atoms with van der Waals surface area (Å²) in [6, 6.07) is 13.9. The highest BCUT2D eigenvalue weighted by Crippen LogP contribution is 2.28. The highest BCUT2D eigenvalue weighted by atomic mass is 16.5. The van der Waals surface area contributed by atoms with E-state index in [4.69, 9.17) is 9.84 Å². The second-order valence-electron chi connectivity index (χ2n) is 5.11. The SMILES string of the molecule is CCOc1cccc(-c2ccc3[nH]cc(CC(=O)O)c3c2)c1. The van der Waals surface area contributed by atoms with Crippen LogP contribution in [-0.4, -0.2) is 22.7 Å². The van der Waals surface area contributed by atoms with Crippen LogP contribution >= 0.6 is 0 Å². The first kappa shape index (κ1) is 14.2. The van der Waals surface area contributed by atoms with Crippen molar-refractivity contribution in [3.05, 3.63) is 54.2 Å². The van der Waals surface area contributed by atoms with E-state index in [0.717, 1.165) is 33.3 Å². The molecule has 4 nitrogen and oxygen atoms in total. The van der Waals surface area contributed by atoms with E-state index < -0.39 is 5.97 Å². The van der Waals surface area contributed by atoms with Crippen LogP contribution in [-0.2, 0) is 11.2 Å². The van der Waals surface area contributed by atoms with Crippen LogP contribution in [0, 0.1) is 0 Å². The van der Waals surface area contributed by atoms with Crippen molar-refractivity contribution in [2.45, 2.75) is 13.3 Å². The topological polar surface area (TPSA) is 62.3 Å². The molecule has 0 saturated heterocycles. The van der Waals surface area contributed by atoms with Crippen LogP contribution in [0.25, 0.3) is 22.0 Å². The lowest BCUT2D eigenvalue weighted by molar-refractivity contribution is -0.136. The highest BCUT2D eigenvalue weighted by molar-refractivity contribution is 5.90. The molecule has 0 unspecified atom stereocenters. The molecule has 0 aliphatic heterocycles. The minimum Gasteiger partial charge on any atom is -0.494 e. The van der Waals surface area contributed by atoms with Crippen LogP contribution < -0.4 is 4.74 Å². The highest BCUT2D eigenvalue weighted by Gasteiger charge is 2.09. The van der Waals surface area contributed by atoms with Crippen molar-refractivity contribution in [1.82, 2.24) is 4.98 Å². The number of benzene rings is 2. The Hall–Kier alpha value is -2.75. The Morgan fingerprint density at radius 3 is 2.77 bits per heavy atom. The summed E-state index contributed by atoms with van der Waals surface area (Å²) in [6.45, 7) is 2.58. The van der Waals surface area contributed by atoms with Gasteiger partial charge in [0.05, 0.1) is 13.0 Å². The molecule has 1 aromatic heterocycles. The molecule has 0 spiro atoms. The first-order valence-corrected chi connectivity index (χ1v) is 7.22. The van der Waals surface area contributed by atoms with E-state index in [2.05, 4.69) is 4.98 Å². The van der Waals surface area contributed by atoms with Crippen molar-refractivity contribution in [3.63, 3.8) is 0 Å². The quantitative estimate of drug-likeness (QED) is 0.751. The van der Waals surface area contributed by atoms with E-state index in [1.54, 1.807) is 6.20 Å². The molecule has 0 radical (unpaired) electrons. The van der Waals surface area contributed by atoms with Gasteiger partial charge in [-0.2, -0.15) is 0 Å². The number of rotatable bonds is 5. The Bertz CT molecular complexity index is 820. The van der Waals surface area contributed by atoms with Crippen molar-refractivity contribution in [3.8, 4) is 16.9 Å². The number of nitrogens with one attached hydrogen (secondary N) is 1. The third-order valence-electron chi connectivity index (χ3n) is 3.59. The molecule has 0 aliphatic rings. The average Bonchev–Trinajstić information content (AvgIpc) is 2.90. The number of aromatic amines is 1. The summed E-state index contributed by atoms with van der Waals surface area (Å²) in [5.41, 5.74) is 3.84. The summed E-state index contributed by atoms with van der Waals surface area (Å²) in [5, 5.41) is 9.94. The molecule has 3 rings (SSSR count). The predicted molar refractivity (Wildman–Crippen MR) is 86.2 cm³/mol. The maximum atomic E-state index is 11.0. The molecule has 3 aromatic rings. The molecule has 0 atom stereocenters. The largest absolute Gasteiger partial charge is 0.494 e. The fraction of sp³-hybridized carbons (Fsp3) is 0.167. The molecular formula is C18H17NO3. The molecule has 0 aliphatic carbocycles. The number of carboxylic acid groups (broad SMARTS) is 1. The van der Waals surface area contributed by atoms with Crippen LogP contribution in [0.2, 0.25) is 0 Å². The van der Waals surface area contributed by atoms with E-state index in [0.29, 0.717) is 6.61 Å². The molecule has 0 fully saturated rings. The summed E-state index contributed by atoms with van der Waals surface area (Å²) in [5.74, 6) is 0.00423. The van der Waals surface area contributed by atoms with Gasteiger partial charge >= 0.3 is 5.97 Å². The Morgan fingerprint density at radius 1 is 1.18 bits per heavy atom. The van der Waals surface area contributed by atoms with Gasteiger partial charge in [-0.25, -0.2) is 0 Å². The number of ether oxygens (including phenoxy) is 1. The lowest BCUT2D eigenvalue weighted by Gasteiger charge is -2.07. The second-order valence-corrected chi connectivity index (χ2v) is 5.11. The van der Waals surface area contributed by atoms with E-state index >= 15 is 0 Å². The molecule has 1 heterocycles. The van der Waals surface area contributed by atoms with Crippen LogP contribution in [0.3, 0.4) is 0 Å². The normalized spacial score (nSPS) is 10.8. The number of aliphatic carboxylic acids is 1. The van der Waals surface area contributed by atoms with E-state index in [1.165, 1.54) is 0 Å². The van der Waals surface area contributed by atoms with Gasteiger partial charge in [-0.05, 0) is 47.9 Å². The minimum atomic E-state index is -0.829. The van der Waals surface area contributed by atoms with Gasteiger partial charge in [-0.15, -0.1) is 0 Å². The van der Waals surface area contributed by atoms with E-state index in [-0.39, 0.29) is 6.42 Å². The number of H-pyrrole nitrogens is 1. The number of hydrogen-bond donors (Lipinski definition) is 2. The standard InChI is InChI=1S/C18H17NO3/c1-2-22-15-5-3-4-12(8-15)13-6-7-17-16(9-13)14(11-19-17)10-18(20)21/h3-9,11,19H,2,10H2,1H3,(H,20,21). The predicted octanol–water partition coefficient (Wildman–Crippen LogP) is 3.86. The molecule has 0 saturated carbocycles. The fourth-order valence-corrected chi connectivity index (χ4v) is 2.60. The van der Waals surface area contributed by atoms with Gasteiger partial charge in [0.2, 0.25) is 0 Å².